The number of aryl methyl sites for hydroxylation is 1. The number of hydrogen-bond donors (Lipinski definition) is 0. The van der Waals surface area contributed by atoms with Crippen molar-refractivity contribution in [3.8, 4) is 11.8 Å². The highest BCUT2D eigenvalue weighted by molar-refractivity contribution is 6.66. The van der Waals surface area contributed by atoms with E-state index in [9.17, 15) is 0 Å². The average Bonchev–Trinajstić information content (AvgIpc) is 2.52. The second-order valence-corrected chi connectivity index (χ2v) is 7.26. The first-order chi connectivity index (χ1) is 10.9. The lowest BCUT2D eigenvalue weighted by Gasteiger charge is -2.10. The van der Waals surface area contributed by atoms with E-state index < -0.39 is 3.79 Å². The van der Waals surface area contributed by atoms with Crippen LogP contribution in [-0.4, -0.2) is 9.97 Å². The van der Waals surface area contributed by atoms with E-state index in [0.717, 1.165) is 16.5 Å². The van der Waals surface area contributed by atoms with Gasteiger partial charge in [-0.3, -0.25) is 0 Å². The van der Waals surface area contributed by atoms with Crippen LogP contribution in [0.15, 0.2) is 48.5 Å². The third kappa shape index (κ3) is 3.59. The largest absolute Gasteiger partial charge is 0.250 e. The van der Waals surface area contributed by atoms with Gasteiger partial charge in [-0.25, -0.2) is 9.97 Å². The van der Waals surface area contributed by atoms with Crippen molar-refractivity contribution >= 4 is 45.7 Å². The summed E-state index contributed by atoms with van der Waals surface area (Å²) in [6.45, 7) is 2.01. The predicted octanol–water partition coefficient (Wildman–Crippen LogP) is 5.16. The molecule has 0 aliphatic heterocycles. The summed E-state index contributed by atoms with van der Waals surface area (Å²) in [4.78, 5) is 8.64. The molecule has 0 aliphatic carbocycles. The summed E-state index contributed by atoms with van der Waals surface area (Å²) in [6.07, 6.45) is 0. The molecule has 2 aromatic carbocycles. The van der Waals surface area contributed by atoms with E-state index in [2.05, 4.69) is 21.8 Å². The predicted molar refractivity (Wildman–Crippen MR) is 95.9 cm³/mol. The lowest BCUT2D eigenvalue weighted by atomic mass is 10.1. The van der Waals surface area contributed by atoms with Crippen LogP contribution < -0.4 is 0 Å². The van der Waals surface area contributed by atoms with Gasteiger partial charge in [0, 0.05) is 10.9 Å². The SMILES string of the molecule is Cc1ccccc1C#Cc1nc(C(Cl)(Cl)Cl)nc2ccccc12. The third-order valence-electron chi connectivity index (χ3n) is 3.32. The van der Waals surface area contributed by atoms with E-state index in [0.29, 0.717) is 11.2 Å². The molecule has 0 spiro atoms. The topological polar surface area (TPSA) is 25.8 Å². The normalized spacial score (nSPS) is 11.1. The summed E-state index contributed by atoms with van der Waals surface area (Å²) < 4.78 is -1.69. The van der Waals surface area contributed by atoms with E-state index in [1.54, 1.807) is 0 Å². The van der Waals surface area contributed by atoms with Crippen molar-refractivity contribution in [2.75, 3.05) is 0 Å². The smallest absolute Gasteiger partial charge is 0.228 e. The highest BCUT2D eigenvalue weighted by Gasteiger charge is 2.27. The van der Waals surface area contributed by atoms with Crippen LogP contribution >= 0.6 is 34.8 Å². The standard InChI is InChI=1S/C18H11Cl3N2/c1-12-6-2-3-7-13(12)10-11-16-14-8-4-5-9-15(14)22-17(23-16)18(19,20)21/h2-9H,1H3. The Hall–Kier alpha value is -1.79. The maximum Gasteiger partial charge on any atom is 0.250 e. The third-order valence-corrected chi connectivity index (χ3v) is 3.82. The van der Waals surface area contributed by atoms with E-state index >= 15 is 0 Å². The number of para-hydroxylation sites is 1. The van der Waals surface area contributed by atoms with Crippen LogP contribution in [0.3, 0.4) is 0 Å². The molecule has 3 aromatic rings. The summed E-state index contributed by atoms with van der Waals surface area (Å²) in [5.74, 6) is 6.33. The fraction of sp³-hybridized carbons (Fsp3) is 0.111. The van der Waals surface area contributed by atoms with Crippen LogP contribution in [-0.2, 0) is 3.79 Å². The van der Waals surface area contributed by atoms with Gasteiger partial charge in [0.2, 0.25) is 3.79 Å². The molecule has 23 heavy (non-hydrogen) atoms. The van der Waals surface area contributed by atoms with Gasteiger partial charge in [-0.2, -0.15) is 0 Å². The minimum Gasteiger partial charge on any atom is -0.228 e. The molecule has 0 N–H and O–H groups in total. The Bertz CT molecular complexity index is 934. The van der Waals surface area contributed by atoms with Crippen LogP contribution in [0.4, 0.5) is 0 Å². The maximum atomic E-state index is 5.93. The molecule has 5 heteroatoms. The van der Waals surface area contributed by atoms with E-state index in [1.807, 2.05) is 55.5 Å². The first-order valence-corrected chi connectivity index (χ1v) is 8.00. The molecule has 2 nitrogen and oxygen atoms in total. The number of aromatic nitrogens is 2. The molecule has 1 aromatic heterocycles. The Morgan fingerprint density at radius 2 is 1.57 bits per heavy atom. The number of rotatable bonds is 0. The van der Waals surface area contributed by atoms with Crippen molar-refractivity contribution in [3.05, 3.63) is 71.2 Å². The molecule has 0 atom stereocenters. The molecule has 0 amide bonds. The van der Waals surface area contributed by atoms with Crippen molar-refractivity contribution in [3.63, 3.8) is 0 Å². The number of benzene rings is 2. The van der Waals surface area contributed by atoms with Gasteiger partial charge in [0.05, 0.1) is 5.52 Å². The van der Waals surface area contributed by atoms with Gasteiger partial charge in [0.1, 0.15) is 5.69 Å². The molecular formula is C18H11Cl3N2. The Kier molecular flexibility index (Phi) is 4.46. The lowest BCUT2D eigenvalue weighted by Crippen LogP contribution is -2.09. The van der Waals surface area contributed by atoms with Crippen LogP contribution in [0.5, 0.6) is 0 Å². The zero-order chi connectivity index (χ0) is 16.4. The summed E-state index contributed by atoms with van der Waals surface area (Å²) in [5.41, 5.74) is 3.27. The fourth-order valence-electron chi connectivity index (χ4n) is 2.14. The molecule has 1 heterocycles. The highest BCUT2D eigenvalue weighted by atomic mass is 35.6. The van der Waals surface area contributed by atoms with Gasteiger partial charge in [0.15, 0.2) is 5.82 Å². The van der Waals surface area contributed by atoms with Crippen molar-refractivity contribution in [1.82, 2.24) is 9.97 Å². The van der Waals surface area contributed by atoms with Gasteiger partial charge in [-0.05, 0) is 36.6 Å². The van der Waals surface area contributed by atoms with E-state index in [4.69, 9.17) is 34.8 Å². The van der Waals surface area contributed by atoms with Gasteiger partial charge in [-0.15, -0.1) is 0 Å². The van der Waals surface area contributed by atoms with Crippen molar-refractivity contribution < 1.29 is 0 Å². The summed E-state index contributed by atoms with van der Waals surface area (Å²) in [7, 11) is 0. The van der Waals surface area contributed by atoms with Crippen molar-refractivity contribution in [2.24, 2.45) is 0 Å². The second-order valence-electron chi connectivity index (χ2n) is 4.98. The Balaban J connectivity index is 2.19. The number of nitrogens with zero attached hydrogens (tertiary/aromatic N) is 2. The minimum atomic E-state index is -1.69. The van der Waals surface area contributed by atoms with E-state index in [-0.39, 0.29) is 5.82 Å². The Morgan fingerprint density at radius 3 is 2.30 bits per heavy atom. The summed E-state index contributed by atoms with van der Waals surface area (Å²) in [6, 6.07) is 15.4. The van der Waals surface area contributed by atoms with Crippen LogP contribution in [0, 0.1) is 18.8 Å². The molecule has 0 fully saturated rings. The van der Waals surface area contributed by atoms with Gasteiger partial charge >= 0.3 is 0 Å². The first-order valence-electron chi connectivity index (χ1n) is 6.87. The minimum absolute atomic E-state index is 0.121. The second kappa shape index (κ2) is 6.37. The van der Waals surface area contributed by atoms with Gasteiger partial charge in [0.25, 0.3) is 0 Å². The summed E-state index contributed by atoms with van der Waals surface area (Å²) in [5, 5.41) is 0.826. The number of fused-ring (bicyclic) bond motifs is 1. The van der Waals surface area contributed by atoms with E-state index in [1.165, 1.54) is 0 Å². The zero-order valence-corrected chi connectivity index (χ0v) is 14.4. The quantitative estimate of drug-likeness (QED) is 0.408. The highest BCUT2D eigenvalue weighted by Crippen LogP contribution is 2.36. The molecule has 0 aliphatic rings. The number of hydrogen-bond acceptors (Lipinski definition) is 2. The number of alkyl halides is 3. The lowest BCUT2D eigenvalue weighted by molar-refractivity contribution is 0.987. The first kappa shape index (κ1) is 16.1. The molecule has 0 saturated carbocycles. The molecule has 114 valence electrons. The van der Waals surface area contributed by atoms with Crippen LogP contribution in [0.25, 0.3) is 10.9 Å². The van der Waals surface area contributed by atoms with Crippen molar-refractivity contribution in [2.45, 2.75) is 10.7 Å². The van der Waals surface area contributed by atoms with Gasteiger partial charge < -0.3 is 0 Å². The molecular weight excluding hydrogens is 351 g/mol. The molecule has 3 rings (SSSR count). The Morgan fingerprint density at radius 1 is 0.870 bits per heavy atom. The van der Waals surface area contributed by atoms with Crippen LogP contribution in [0.1, 0.15) is 22.6 Å². The summed E-state index contributed by atoms with van der Waals surface area (Å²) >= 11 is 17.8. The fourth-order valence-corrected chi connectivity index (χ4v) is 2.39. The maximum absolute atomic E-state index is 5.93. The zero-order valence-electron chi connectivity index (χ0n) is 12.1. The molecule has 0 unspecified atom stereocenters. The number of halogens is 3. The Labute approximate surface area is 149 Å². The molecule has 0 bridgehead atoms. The average molecular weight is 362 g/mol. The molecule has 0 saturated heterocycles. The molecule has 0 radical (unpaired) electrons. The van der Waals surface area contributed by atoms with Gasteiger partial charge in [-0.1, -0.05) is 71.1 Å². The van der Waals surface area contributed by atoms with Crippen LogP contribution in [0.2, 0.25) is 0 Å². The van der Waals surface area contributed by atoms with Crippen molar-refractivity contribution in [1.29, 1.82) is 0 Å². The monoisotopic (exact) mass is 360 g/mol.